The molecule has 29 heavy (non-hydrogen) atoms. The van der Waals surface area contributed by atoms with Gasteiger partial charge in [-0.2, -0.15) is 0 Å². The van der Waals surface area contributed by atoms with Crippen molar-refractivity contribution >= 4 is 58.7 Å². The maximum Gasteiger partial charge on any atom is 0.247 e. The Hall–Kier alpha value is -3.23. The number of para-hydroxylation sites is 1. The molecule has 0 saturated carbocycles. The van der Waals surface area contributed by atoms with Gasteiger partial charge in [-0.25, -0.2) is 0 Å². The number of phenolic OH excluding ortho intramolecular Hbond substituents is 1. The van der Waals surface area contributed by atoms with E-state index in [0.717, 1.165) is 16.8 Å². The first-order valence-electron chi connectivity index (χ1n) is 8.83. The molecule has 1 aliphatic heterocycles. The summed E-state index contributed by atoms with van der Waals surface area (Å²) in [5, 5.41) is 22.9. The minimum Gasteiger partial charge on any atom is -0.508 e. The summed E-state index contributed by atoms with van der Waals surface area (Å²) in [6.07, 6.45) is 3.57. The van der Waals surface area contributed by atoms with E-state index >= 15 is 0 Å². The molecule has 146 valence electrons. The Morgan fingerprint density at radius 2 is 1.93 bits per heavy atom. The SMILES string of the molecule is CC(C(=O)Nc1ccc(O)cc1)n1c(O)c(/C=C2/C=Nc3ccccc32)sc1=S. The van der Waals surface area contributed by atoms with Gasteiger partial charge >= 0.3 is 0 Å². The number of thiazole rings is 1. The van der Waals surface area contributed by atoms with E-state index in [1.165, 1.54) is 28.0 Å². The molecular weight excluding hydrogens is 406 g/mol. The number of allylic oxidation sites excluding steroid dienone is 1. The van der Waals surface area contributed by atoms with Crippen LogP contribution in [-0.4, -0.2) is 26.9 Å². The molecule has 0 aliphatic carbocycles. The zero-order valence-electron chi connectivity index (χ0n) is 15.4. The molecule has 8 heteroatoms. The summed E-state index contributed by atoms with van der Waals surface area (Å²) < 4.78 is 1.83. The Kier molecular flexibility index (Phi) is 5.04. The van der Waals surface area contributed by atoms with Gasteiger partial charge in [0, 0.05) is 23.0 Å². The van der Waals surface area contributed by atoms with E-state index in [4.69, 9.17) is 12.2 Å². The summed E-state index contributed by atoms with van der Waals surface area (Å²) in [7, 11) is 0. The largest absolute Gasteiger partial charge is 0.508 e. The van der Waals surface area contributed by atoms with Crippen molar-refractivity contribution in [2.45, 2.75) is 13.0 Å². The van der Waals surface area contributed by atoms with Crippen LogP contribution in [0, 0.1) is 3.95 Å². The zero-order chi connectivity index (χ0) is 20.5. The standard InChI is InChI=1S/C21H17N3O3S2/c1-12(19(26)23-14-6-8-15(25)9-7-14)24-20(27)18(29-21(24)28)10-13-11-22-17-5-3-2-4-16(13)17/h2-12,25,27H,1H3,(H,23,26)/b13-10-. The molecule has 2 aromatic carbocycles. The molecule has 1 unspecified atom stereocenters. The van der Waals surface area contributed by atoms with Gasteiger partial charge in [-0.3, -0.25) is 14.4 Å². The second kappa shape index (κ2) is 7.65. The van der Waals surface area contributed by atoms with Crippen molar-refractivity contribution in [3.63, 3.8) is 0 Å². The summed E-state index contributed by atoms with van der Waals surface area (Å²) in [5.41, 5.74) is 3.28. The summed E-state index contributed by atoms with van der Waals surface area (Å²) in [5.74, 6) is -0.269. The fourth-order valence-electron chi connectivity index (χ4n) is 3.03. The topological polar surface area (TPSA) is 86.8 Å². The molecule has 1 atom stereocenters. The van der Waals surface area contributed by atoms with E-state index in [0.29, 0.717) is 14.5 Å². The van der Waals surface area contributed by atoms with E-state index < -0.39 is 6.04 Å². The van der Waals surface area contributed by atoms with Crippen LogP contribution < -0.4 is 5.32 Å². The molecule has 0 fully saturated rings. The second-order valence-corrected chi connectivity index (χ2v) is 8.19. The van der Waals surface area contributed by atoms with Gasteiger partial charge in [-0.1, -0.05) is 18.2 Å². The highest BCUT2D eigenvalue weighted by Gasteiger charge is 2.22. The lowest BCUT2D eigenvalue weighted by Crippen LogP contribution is -2.23. The first-order chi connectivity index (χ1) is 13.9. The average Bonchev–Trinajstić information content (AvgIpc) is 3.24. The number of nitrogens with one attached hydrogen (secondary N) is 1. The first-order valence-corrected chi connectivity index (χ1v) is 10.1. The first kappa shape index (κ1) is 19.1. The fourth-order valence-corrected chi connectivity index (χ4v) is 4.45. The molecule has 6 nitrogen and oxygen atoms in total. The number of anilines is 1. The van der Waals surface area contributed by atoms with Crippen LogP contribution in [0.3, 0.4) is 0 Å². The third kappa shape index (κ3) is 3.72. The summed E-state index contributed by atoms with van der Waals surface area (Å²) in [6, 6.07) is 13.2. The Labute approximate surface area is 176 Å². The molecular formula is C21H17N3O3S2. The van der Waals surface area contributed by atoms with Crippen LogP contribution in [0.25, 0.3) is 11.6 Å². The van der Waals surface area contributed by atoms with Crippen molar-refractivity contribution in [1.29, 1.82) is 0 Å². The fraction of sp³-hybridized carbons (Fsp3) is 0.0952. The normalized spacial score (nSPS) is 14.7. The molecule has 1 aliphatic rings. The van der Waals surface area contributed by atoms with Crippen LogP contribution >= 0.6 is 23.6 Å². The van der Waals surface area contributed by atoms with Crippen LogP contribution in [0.5, 0.6) is 11.6 Å². The number of hydrogen-bond donors (Lipinski definition) is 3. The number of benzene rings is 2. The van der Waals surface area contributed by atoms with Gasteiger partial charge in [0.25, 0.3) is 0 Å². The van der Waals surface area contributed by atoms with Gasteiger partial charge in [-0.15, -0.1) is 11.3 Å². The number of carbonyl (C=O) groups excluding carboxylic acids is 1. The smallest absolute Gasteiger partial charge is 0.247 e. The lowest BCUT2D eigenvalue weighted by Gasteiger charge is -2.15. The molecule has 1 aromatic heterocycles. The maximum absolute atomic E-state index is 12.6. The molecule has 3 N–H and O–H groups in total. The van der Waals surface area contributed by atoms with Crippen LogP contribution in [0.1, 0.15) is 23.4 Å². The number of phenols is 1. The lowest BCUT2D eigenvalue weighted by molar-refractivity contribution is -0.118. The van der Waals surface area contributed by atoms with E-state index in [2.05, 4.69) is 10.3 Å². The second-order valence-electron chi connectivity index (χ2n) is 6.51. The zero-order valence-corrected chi connectivity index (χ0v) is 17.0. The monoisotopic (exact) mass is 423 g/mol. The van der Waals surface area contributed by atoms with Gasteiger partial charge in [0.2, 0.25) is 11.8 Å². The number of nitrogens with zero attached hydrogens (tertiary/aromatic N) is 2. The maximum atomic E-state index is 12.6. The quantitative estimate of drug-likeness (QED) is 0.400. The van der Waals surface area contributed by atoms with E-state index in [1.54, 1.807) is 25.3 Å². The molecule has 4 rings (SSSR count). The highest BCUT2D eigenvalue weighted by Crippen LogP contribution is 2.37. The van der Waals surface area contributed by atoms with E-state index in [-0.39, 0.29) is 17.5 Å². The van der Waals surface area contributed by atoms with Gasteiger partial charge in [0.15, 0.2) is 3.95 Å². The molecule has 0 saturated heterocycles. The average molecular weight is 424 g/mol. The van der Waals surface area contributed by atoms with Crippen molar-refractivity contribution in [3.8, 4) is 11.6 Å². The molecule has 1 amide bonds. The number of fused-ring (bicyclic) bond motifs is 1. The molecule has 0 bridgehead atoms. The van der Waals surface area contributed by atoms with Gasteiger partial charge in [-0.05, 0) is 55.5 Å². The Bertz CT molecular complexity index is 1210. The van der Waals surface area contributed by atoms with Crippen LogP contribution in [-0.2, 0) is 4.79 Å². The lowest BCUT2D eigenvalue weighted by atomic mass is 10.1. The predicted molar refractivity (Wildman–Crippen MR) is 119 cm³/mol. The number of aromatic nitrogens is 1. The molecule has 0 radical (unpaired) electrons. The summed E-state index contributed by atoms with van der Waals surface area (Å²) in [4.78, 5) is 17.6. The van der Waals surface area contributed by atoms with Gasteiger partial charge in [0.05, 0.1) is 10.6 Å². The predicted octanol–water partition coefficient (Wildman–Crippen LogP) is 5.15. The molecule has 2 heterocycles. The minimum atomic E-state index is -0.718. The Balaban J connectivity index is 1.61. The Morgan fingerprint density at radius 1 is 1.21 bits per heavy atom. The van der Waals surface area contributed by atoms with Crippen molar-refractivity contribution in [2.75, 3.05) is 5.32 Å². The van der Waals surface area contributed by atoms with Crippen LogP contribution in [0.4, 0.5) is 11.4 Å². The number of hydrogen-bond acceptors (Lipinski definition) is 6. The number of amides is 1. The van der Waals surface area contributed by atoms with E-state index in [1.807, 2.05) is 30.3 Å². The molecule has 0 spiro atoms. The number of rotatable bonds is 4. The van der Waals surface area contributed by atoms with Crippen molar-refractivity contribution < 1.29 is 15.0 Å². The van der Waals surface area contributed by atoms with Gasteiger partial charge < -0.3 is 15.5 Å². The highest BCUT2D eigenvalue weighted by atomic mass is 32.1. The number of aliphatic imine (C=N–C) groups is 1. The van der Waals surface area contributed by atoms with Gasteiger partial charge in [0.1, 0.15) is 11.8 Å². The third-order valence-corrected chi connectivity index (χ3v) is 5.93. The van der Waals surface area contributed by atoms with Crippen LogP contribution in [0.2, 0.25) is 0 Å². The minimum absolute atomic E-state index is 0.0568. The molecule has 3 aromatic rings. The van der Waals surface area contributed by atoms with Crippen molar-refractivity contribution in [3.05, 3.63) is 62.9 Å². The Morgan fingerprint density at radius 3 is 2.69 bits per heavy atom. The number of aromatic hydroxyl groups is 2. The highest BCUT2D eigenvalue weighted by molar-refractivity contribution is 7.73. The third-order valence-electron chi connectivity index (χ3n) is 4.59. The summed E-state index contributed by atoms with van der Waals surface area (Å²) in [6.45, 7) is 1.67. The summed E-state index contributed by atoms with van der Waals surface area (Å²) >= 11 is 6.64. The number of carbonyl (C=O) groups is 1. The van der Waals surface area contributed by atoms with E-state index in [9.17, 15) is 15.0 Å². The van der Waals surface area contributed by atoms with Crippen molar-refractivity contribution in [1.82, 2.24) is 4.57 Å². The van der Waals surface area contributed by atoms with Crippen LogP contribution in [0.15, 0.2) is 53.5 Å². The van der Waals surface area contributed by atoms with Crippen molar-refractivity contribution in [2.24, 2.45) is 4.99 Å².